The molecule has 230 valence electrons. The van der Waals surface area contributed by atoms with Gasteiger partial charge < -0.3 is 30.3 Å². The Morgan fingerprint density at radius 2 is 1.22 bits per heavy atom. The van der Waals surface area contributed by atoms with Crippen molar-refractivity contribution in [2.24, 2.45) is 0 Å². The van der Waals surface area contributed by atoms with Crippen molar-refractivity contribution >= 4 is 51.8 Å². The molecule has 2 unspecified atom stereocenters. The van der Waals surface area contributed by atoms with Crippen molar-refractivity contribution < 1.29 is 38.5 Å². The van der Waals surface area contributed by atoms with Crippen LogP contribution < -0.4 is 10.6 Å². The first-order chi connectivity index (χ1) is 22.3. The zero-order valence-corrected chi connectivity index (χ0v) is 24.2. The van der Waals surface area contributed by atoms with Crippen LogP contribution in [0.2, 0.25) is 0 Å². The van der Waals surface area contributed by atoms with E-state index in [4.69, 9.17) is 14.6 Å². The van der Waals surface area contributed by atoms with E-state index >= 15 is 0 Å². The number of amides is 2. The Morgan fingerprint density at radius 1 is 0.696 bits per heavy atom. The molecule has 4 aromatic rings. The van der Waals surface area contributed by atoms with Crippen molar-refractivity contribution in [3.05, 3.63) is 130 Å². The van der Waals surface area contributed by atoms with Crippen molar-refractivity contribution in [1.82, 2.24) is 0 Å². The van der Waals surface area contributed by atoms with Crippen molar-refractivity contribution in [2.45, 2.75) is 25.0 Å². The lowest BCUT2D eigenvalue weighted by Crippen LogP contribution is -2.07. The molecule has 0 aliphatic carbocycles. The van der Waals surface area contributed by atoms with Gasteiger partial charge in [-0.25, -0.2) is 4.39 Å². The number of carbonyl (C=O) groups is 3. The van der Waals surface area contributed by atoms with Crippen LogP contribution in [0.5, 0.6) is 0 Å². The zero-order valence-electron chi connectivity index (χ0n) is 24.2. The number of carboxylic acid groups (broad SMARTS) is 1. The number of carbonyl (C=O) groups excluding carboxylic acids is 2. The van der Waals surface area contributed by atoms with Gasteiger partial charge in [0.2, 0.25) is 0 Å². The molecule has 46 heavy (non-hydrogen) atoms. The van der Waals surface area contributed by atoms with E-state index in [1.54, 1.807) is 24.3 Å². The highest BCUT2D eigenvalue weighted by molar-refractivity contribution is 6.37. The molecule has 4 heterocycles. The third kappa shape index (κ3) is 4.98. The molecule has 9 nitrogen and oxygen atoms in total. The minimum Gasteiger partial charge on any atom is -0.484 e. The molecule has 0 bridgehead atoms. The van der Waals surface area contributed by atoms with Crippen molar-refractivity contribution in [3.8, 4) is 0 Å². The first-order valence-electron chi connectivity index (χ1n) is 14.7. The van der Waals surface area contributed by atoms with E-state index in [1.807, 2.05) is 48.5 Å². The number of aliphatic hydroxyl groups excluding tert-OH is 1. The lowest BCUT2D eigenvalue weighted by Gasteiger charge is -2.11. The van der Waals surface area contributed by atoms with Gasteiger partial charge in [0.1, 0.15) is 29.5 Å². The molecule has 0 fully saturated rings. The number of rotatable bonds is 4. The quantitative estimate of drug-likeness (QED) is 0.202. The molecule has 0 aromatic heterocycles. The van der Waals surface area contributed by atoms with Crippen LogP contribution in [0, 0.1) is 5.82 Å². The molecule has 10 heteroatoms. The number of aliphatic carboxylic acids is 1. The zero-order chi connectivity index (χ0) is 31.9. The Kier molecular flexibility index (Phi) is 7.34. The summed E-state index contributed by atoms with van der Waals surface area (Å²) < 4.78 is 25.2. The Hall–Kier alpha value is -5.74. The van der Waals surface area contributed by atoms with Crippen LogP contribution in [0.25, 0.3) is 22.7 Å². The highest BCUT2D eigenvalue weighted by Gasteiger charge is 2.38. The van der Waals surface area contributed by atoms with Crippen LogP contribution in [0.1, 0.15) is 58.4 Å². The summed E-state index contributed by atoms with van der Waals surface area (Å²) in [7, 11) is 0. The smallest absolute Gasteiger partial charge is 0.307 e. The van der Waals surface area contributed by atoms with E-state index in [-0.39, 0.29) is 25.0 Å². The Balaban J connectivity index is 0.000000147. The summed E-state index contributed by atoms with van der Waals surface area (Å²) in [6.07, 6.45) is -0.550. The van der Waals surface area contributed by atoms with Crippen LogP contribution in [0.4, 0.5) is 15.8 Å². The fourth-order valence-electron chi connectivity index (χ4n) is 6.25. The molecule has 4 aliphatic heterocycles. The highest BCUT2D eigenvalue weighted by Crippen LogP contribution is 2.48. The van der Waals surface area contributed by atoms with Crippen LogP contribution >= 0.6 is 0 Å². The molecular formula is C36H27FN2O7. The van der Waals surface area contributed by atoms with E-state index in [1.165, 1.54) is 18.2 Å². The monoisotopic (exact) mass is 618 g/mol. The van der Waals surface area contributed by atoms with Gasteiger partial charge in [0.15, 0.2) is 0 Å². The Bertz CT molecular complexity index is 2000. The maximum absolute atomic E-state index is 13.4. The molecule has 0 saturated heterocycles. The molecule has 4 aromatic carbocycles. The third-order valence-corrected chi connectivity index (χ3v) is 8.23. The minimum absolute atomic E-state index is 0.0460. The number of benzene rings is 4. The maximum Gasteiger partial charge on any atom is 0.307 e. The average molecular weight is 619 g/mol. The number of anilines is 2. The summed E-state index contributed by atoms with van der Waals surface area (Å²) in [4.78, 5) is 35.9. The summed E-state index contributed by atoms with van der Waals surface area (Å²) in [6.45, 7) is 0.0460. The summed E-state index contributed by atoms with van der Waals surface area (Å²) in [5.41, 5.74) is 6.83. The van der Waals surface area contributed by atoms with Gasteiger partial charge >= 0.3 is 5.97 Å². The first-order valence-corrected chi connectivity index (χ1v) is 14.7. The summed E-state index contributed by atoms with van der Waals surface area (Å²) in [5, 5.41) is 23.8. The highest BCUT2D eigenvalue weighted by atomic mass is 19.1. The largest absolute Gasteiger partial charge is 0.484 e. The second kappa shape index (κ2) is 11.6. The molecular weight excluding hydrogens is 591 g/mol. The van der Waals surface area contributed by atoms with E-state index < -0.39 is 23.8 Å². The lowest BCUT2D eigenvalue weighted by atomic mass is 9.98. The summed E-state index contributed by atoms with van der Waals surface area (Å²) in [6, 6.07) is 26.6. The van der Waals surface area contributed by atoms with Gasteiger partial charge in [-0.2, -0.15) is 0 Å². The predicted molar refractivity (Wildman–Crippen MR) is 168 cm³/mol. The van der Waals surface area contributed by atoms with Gasteiger partial charge in [-0.15, -0.1) is 0 Å². The first kappa shape index (κ1) is 29.0. The number of nitrogens with one attached hydrogen (secondary N) is 2. The van der Waals surface area contributed by atoms with Crippen LogP contribution in [-0.2, 0) is 23.9 Å². The third-order valence-electron chi connectivity index (χ3n) is 8.23. The average Bonchev–Trinajstić information content (AvgIpc) is 3.77. The van der Waals surface area contributed by atoms with Gasteiger partial charge in [-0.3, -0.25) is 14.4 Å². The molecule has 8 rings (SSSR count). The molecule has 0 spiro atoms. The number of fused-ring (bicyclic) bond motifs is 4. The SMILES string of the molecule is O=C(O)CC1OC(=C2C(=O)Nc3cc(F)ccc32)c2ccccc21.O=C1Nc2ccccc2C1=C1OC(CCO)c2ccccc21. The van der Waals surface area contributed by atoms with Crippen molar-refractivity contribution in [2.75, 3.05) is 17.2 Å². The Labute approximate surface area is 262 Å². The summed E-state index contributed by atoms with van der Waals surface area (Å²) in [5.74, 6) is -1.03. The number of para-hydroxylation sites is 1. The number of hydrogen-bond acceptors (Lipinski definition) is 6. The number of carboxylic acids is 1. The van der Waals surface area contributed by atoms with Gasteiger partial charge in [0.25, 0.3) is 11.8 Å². The number of hydrogen-bond donors (Lipinski definition) is 4. The minimum atomic E-state index is -0.987. The van der Waals surface area contributed by atoms with E-state index in [9.17, 15) is 23.9 Å². The normalized spacial score (nSPS) is 21.5. The second-order valence-electron chi connectivity index (χ2n) is 11.0. The van der Waals surface area contributed by atoms with Crippen LogP contribution in [-0.4, -0.2) is 34.6 Å². The van der Waals surface area contributed by atoms with Crippen LogP contribution in [0.3, 0.4) is 0 Å². The standard InChI is InChI=1S/C18H12FNO4.C18H15NO3/c19-9-5-6-12-13(7-9)20-18(23)16(12)17-11-4-2-1-3-10(11)14(24-17)8-15(21)22;20-10-9-15-11-5-1-2-6-12(11)17(22-15)16-13-7-3-4-8-14(13)19-18(16)21/h1-7,14H,8H2,(H,20,23)(H,21,22);1-8,15,20H,9-10H2,(H,19,21). The molecule has 0 radical (unpaired) electrons. The van der Waals surface area contributed by atoms with Gasteiger partial charge in [-0.1, -0.05) is 66.7 Å². The van der Waals surface area contributed by atoms with Gasteiger partial charge in [0, 0.05) is 52.1 Å². The van der Waals surface area contributed by atoms with Gasteiger partial charge in [-0.05, 0) is 24.3 Å². The van der Waals surface area contributed by atoms with Gasteiger partial charge in [0.05, 0.1) is 23.3 Å². The summed E-state index contributed by atoms with van der Waals surface area (Å²) >= 11 is 0. The van der Waals surface area contributed by atoms with Crippen molar-refractivity contribution in [1.29, 1.82) is 0 Å². The van der Waals surface area contributed by atoms with Crippen LogP contribution in [0.15, 0.2) is 91.0 Å². The molecule has 4 N–H and O–H groups in total. The molecule has 0 saturated carbocycles. The second-order valence-corrected chi connectivity index (χ2v) is 11.0. The fraction of sp³-hybridized carbons (Fsp3) is 0.139. The number of halogens is 1. The topological polar surface area (TPSA) is 134 Å². The van der Waals surface area contributed by atoms with Crippen molar-refractivity contribution in [3.63, 3.8) is 0 Å². The molecule has 2 amide bonds. The molecule has 2 atom stereocenters. The van der Waals surface area contributed by atoms with E-state index in [2.05, 4.69) is 10.6 Å². The molecule has 4 aliphatic rings. The van der Waals surface area contributed by atoms with E-state index in [0.717, 1.165) is 27.9 Å². The number of ether oxygens (including phenoxy) is 2. The fourth-order valence-corrected chi connectivity index (χ4v) is 6.25. The van der Waals surface area contributed by atoms with E-state index in [0.29, 0.717) is 45.9 Å². The lowest BCUT2D eigenvalue weighted by molar-refractivity contribution is -0.139. The predicted octanol–water partition coefficient (Wildman–Crippen LogP) is 6.15. The number of aliphatic hydroxyl groups is 1. The Morgan fingerprint density at radius 3 is 1.85 bits per heavy atom. The maximum atomic E-state index is 13.4.